The number of pyridine rings is 1. The van der Waals surface area contributed by atoms with Gasteiger partial charge in [0.25, 0.3) is 0 Å². The molecule has 1 aromatic carbocycles. The summed E-state index contributed by atoms with van der Waals surface area (Å²) in [6.07, 6.45) is 0. The normalized spacial score (nSPS) is 10.1. The third-order valence-corrected chi connectivity index (χ3v) is 2.55. The van der Waals surface area contributed by atoms with Gasteiger partial charge in [0.1, 0.15) is 18.2 Å². The summed E-state index contributed by atoms with van der Waals surface area (Å²) in [6.45, 7) is 5.40. The van der Waals surface area contributed by atoms with E-state index >= 15 is 0 Å². The number of aryl methyl sites for hydroxylation is 2. The lowest BCUT2D eigenvalue weighted by molar-refractivity contribution is 0.332. The monoisotopic (exact) mass is 242 g/mol. The van der Waals surface area contributed by atoms with Crippen molar-refractivity contribution in [3.8, 4) is 5.75 Å². The van der Waals surface area contributed by atoms with Crippen LogP contribution in [-0.2, 0) is 0 Å². The number of benzene rings is 1. The molecule has 0 atom stereocenters. The van der Waals surface area contributed by atoms with E-state index in [0.717, 1.165) is 23.8 Å². The molecule has 0 aliphatic heterocycles. The average Bonchev–Trinajstić information content (AvgIpc) is 2.35. The maximum atomic E-state index is 5.65. The van der Waals surface area contributed by atoms with Gasteiger partial charge in [0, 0.05) is 5.69 Å². The highest BCUT2D eigenvalue weighted by molar-refractivity contribution is 5.35. The number of rotatable bonds is 5. The Morgan fingerprint density at radius 1 is 1.11 bits per heavy atom. The summed E-state index contributed by atoms with van der Waals surface area (Å²) < 4.78 is 5.65. The van der Waals surface area contributed by atoms with E-state index in [1.165, 1.54) is 5.56 Å². The Labute approximate surface area is 108 Å². The largest absolute Gasteiger partial charge is 0.492 e. The summed E-state index contributed by atoms with van der Waals surface area (Å²) in [6, 6.07) is 14.0. The molecule has 0 aliphatic rings. The van der Waals surface area contributed by atoms with Crippen molar-refractivity contribution in [1.29, 1.82) is 0 Å². The molecule has 0 unspecified atom stereocenters. The van der Waals surface area contributed by atoms with E-state index in [1.807, 2.05) is 43.3 Å². The summed E-state index contributed by atoms with van der Waals surface area (Å²) in [5.41, 5.74) is 2.22. The van der Waals surface area contributed by atoms with Crippen LogP contribution in [0, 0.1) is 13.8 Å². The molecule has 2 rings (SSSR count). The second-order valence-corrected chi connectivity index (χ2v) is 4.26. The first-order chi connectivity index (χ1) is 8.74. The van der Waals surface area contributed by atoms with Crippen LogP contribution in [0.15, 0.2) is 42.5 Å². The number of ether oxygens (including phenoxy) is 1. The SMILES string of the molecule is Cc1cccc(OCCNc2cccc(C)n2)c1. The molecular weight excluding hydrogens is 224 g/mol. The molecule has 0 aliphatic carbocycles. The van der Waals surface area contributed by atoms with Gasteiger partial charge in [-0.3, -0.25) is 0 Å². The van der Waals surface area contributed by atoms with Crippen LogP contribution in [0.2, 0.25) is 0 Å². The highest BCUT2D eigenvalue weighted by atomic mass is 16.5. The van der Waals surface area contributed by atoms with E-state index in [9.17, 15) is 0 Å². The fourth-order valence-corrected chi connectivity index (χ4v) is 1.69. The Balaban J connectivity index is 1.76. The molecule has 18 heavy (non-hydrogen) atoms. The number of anilines is 1. The standard InChI is InChI=1S/C15H18N2O/c1-12-5-3-7-14(11-12)18-10-9-16-15-8-4-6-13(2)17-15/h3-8,11H,9-10H2,1-2H3,(H,16,17). The Morgan fingerprint density at radius 3 is 2.72 bits per heavy atom. The first-order valence-corrected chi connectivity index (χ1v) is 6.11. The lowest BCUT2D eigenvalue weighted by Crippen LogP contribution is -2.12. The van der Waals surface area contributed by atoms with E-state index in [4.69, 9.17) is 4.74 Å². The van der Waals surface area contributed by atoms with Crippen molar-refractivity contribution in [2.24, 2.45) is 0 Å². The quantitative estimate of drug-likeness (QED) is 0.818. The second kappa shape index (κ2) is 6.05. The molecule has 0 spiro atoms. The Kier molecular flexibility index (Phi) is 4.18. The molecule has 2 aromatic rings. The minimum absolute atomic E-state index is 0.624. The summed E-state index contributed by atoms with van der Waals surface area (Å²) in [7, 11) is 0. The van der Waals surface area contributed by atoms with Gasteiger partial charge >= 0.3 is 0 Å². The van der Waals surface area contributed by atoms with Gasteiger partial charge in [-0.15, -0.1) is 0 Å². The van der Waals surface area contributed by atoms with E-state index in [-0.39, 0.29) is 0 Å². The minimum Gasteiger partial charge on any atom is -0.492 e. The van der Waals surface area contributed by atoms with Crippen LogP contribution in [-0.4, -0.2) is 18.1 Å². The molecule has 0 radical (unpaired) electrons. The highest BCUT2D eigenvalue weighted by Gasteiger charge is 1.95. The third-order valence-electron chi connectivity index (χ3n) is 2.55. The Bertz CT molecular complexity index is 464. The summed E-state index contributed by atoms with van der Waals surface area (Å²) in [5.74, 6) is 1.80. The summed E-state index contributed by atoms with van der Waals surface area (Å²) in [4.78, 5) is 4.37. The molecule has 94 valence electrons. The summed E-state index contributed by atoms with van der Waals surface area (Å²) in [5, 5.41) is 3.23. The van der Waals surface area contributed by atoms with E-state index in [2.05, 4.69) is 23.3 Å². The molecule has 0 saturated carbocycles. The van der Waals surface area contributed by atoms with Crippen molar-refractivity contribution in [3.63, 3.8) is 0 Å². The van der Waals surface area contributed by atoms with Gasteiger partial charge in [-0.25, -0.2) is 4.98 Å². The molecule has 1 heterocycles. The molecule has 1 N–H and O–H groups in total. The van der Waals surface area contributed by atoms with Crippen LogP contribution in [0.5, 0.6) is 5.75 Å². The van der Waals surface area contributed by atoms with Gasteiger partial charge < -0.3 is 10.1 Å². The molecular formula is C15H18N2O. The summed E-state index contributed by atoms with van der Waals surface area (Å²) >= 11 is 0. The lowest BCUT2D eigenvalue weighted by Gasteiger charge is -2.08. The van der Waals surface area contributed by atoms with Gasteiger partial charge in [-0.2, -0.15) is 0 Å². The van der Waals surface area contributed by atoms with Crippen molar-refractivity contribution < 1.29 is 4.74 Å². The average molecular weight is 242 g/mol. The number of hydrogen-bond donors (Lipinski definition) is 1. The van der Waals surface area contributed by atoms with Crippen LogP contribution >= 0.6 is 0 Å². The molecule has 0 bridgehead atoms. The molecule has 0 fully saturated rings. The highest BCUT2D eigenvalue weighted by Crippen LogP contribution is 2.12. The van der Waals surface area contributed by atoms with Crippen molar-refractivity contribution >= 4 is 5.82 Å². The zero-order chi connectivity index (χ0) is 12.8. The molecule has 0 amide bonds. The van der Waals surface area contributed by atoms with Crippen LogP contribution in [0.3, 0.4) is 0 Å². The topological polar surface area (TPSA) is 34.1 Å². The second-order valence-electron chi connectivity index (χ2n) is 4.26. The maximum Gasteiger partial charge on any atom is 0.126 e. The zero-order valence-corrected chi connectivity index (χ0v) is 10.8. The fraction of sp³-hybridized carbons (Fsp3) is 0.267. The molecule has 3 heteroatoms. The first kappa shape index (κ1) is 12.4. The predicted octanol–water partition coefficient (Wildman–Crippen LogP) is 3.19. The smallest absolute Gasteiger partial charge is 0.126 e. The van der Waals surface area contributed by atoms with Crippen molar-refractivity contribution in [3.05, 3.63) is 53.7 Å². The lowest BCUT2D eigenvalue weighted by atomic mass is 10.2. The third kappa shape index (κ3) is 3.77. The Morgan fingerprint density at radius 2 is 1.94 bits per heavy atom. The first-order valence-electron chi connectivity index (χ1n) is 6.11. The van der Waals surface area contributed by atoms with Gasteiger partial charge in [-0.05, 0) is 43.7 Å². The molecule has 3 nitrogen and oxygen atoms in total. The number of aromatic nitrogens is 1. The van der Waals surface area contributed by atoms with E-state index in [1.54, 1.807) is 0 Å². The van der Waals surface area contributed by atoms with Gasteiger partial charge in [0.2, 0.25) is 0 Å². The molecule has 0 saturated heterocycles. The van der Waals surface area contributed by atoms with Crippen LogP contribution < -0.4 is 10.1 Å². The van der Waals surface area contributed by atoms with Gasteiger partial charge in [0.15, 0.2) is 0 Å². The number of nitrogens with one attached hydrogen (secondary N) is 1. The van der Waals surface area contributed by atoms with Gasteiger partial charge in [-0.1, -0.05) is 18.2 Å². The van der Waals surface area contributed by atoms with Gasteiger partial charge in [0.05, 0.1) is 6.54 Å². The van der Waals surface area contributed by atoms with E-state index in [0.29, 0.717) is 6.61 Å². The van der Waals surface area contributed by atoms with E-state index < -0.39 is 0 Å². The Hall–Kier alpha value is -2.03. The zero-order valence-electron chi connectivity index (χ0n) is 10.8. The fourth-order valence-electron chi connectivity index (χ4n) is 1.69. The maximum absolute atomic E-state index is 5.65. The van der Waals surface area contributed by atoms with Crippen molar-refractivity contribution in [2.45, 2.75) is 13.8 Å². The van der Waals surface area contributed by atoms with Crippen LogP contribution in [0.25, 0.3) is 0 Å². The number of nitrogens with zero attached hydrogens (tertiary/aromatic N) is 1. The predicted molar refractivity (Wildman–Crippen MR) is 74.1 cm³/mol. The minimum atomic E-state index is 0.624. The van der Waals surface area contributed by atoms with Crippen molar-refractivity contribution in [1.82, 2.24) is 4.98 Å². The molecule has 1 aromatic heterocycles. The van der Waals surface area contributed by atoms with Crippen LogP contribution in [0.1, 0.15) is 11.3 Å². The number of hydrogen-bond acceptors (Lipinski definition) is 3. The van der Waals surface area contributed by atoms with Crippen molar-refractivity contribution in [2.75, 3.05) is 18.5 Å². The van der Waals surface area contributed by atoms with Crippen LogP contribution in [0.4, 0.5) is 5.82 Å².